The smallest absolute Gasteiger partial charge is 0.158 e. The van der Waals surface area contributed by atoms with Gasteiger partial charge in [-0.25, -0.2) is 9.50 Å². The average molecular weight is 268 g/mol. The molecule has 3 aromatic heterocycles. The summed E-state index contributed by atoms with van der Waals surface area (Å²) in [4.78, 5) is 8.58. The van der Waals surface area contributed by atoms with E-state index in [1.165, 1.54) is 0 Å². The summed E-state index contributed by atoms with van der Waals surface area (Å²) < 4.78 is 7.26. The summed E-state index contributed by atoms with van der Waals surface area (Å²) in [6, 6.07) is 5.88. The van der Waals surface area contributed by atoms with Crippen molar-refractivity contribution in [3.8, 4) is 11.3 Å². The maximum Gasteiger partial charge on any atom is 0.158 e. The zero-order valence-electron chi connectivity index (χ0n) is 11.4. The Kier molecular flexibility index (Phi) is 3.69. The van der Waals surface area contributed by atoms with E-state index in [4.69, 9.17) is 4.74 Å². The molecule has 0 aliphatic carbocycles. The van der Waals surface area contributed by atoms with Crippen molar-refractivity contribution in [1.29, 1.82) is 0 Å². The van der Waals surface area contributed by atoms with Crippen molar-refractivity contribution < 1.29 is 4.74 Å². The number of ether oxygens (including phenoxy) is 1. The summed E-state index contributed by atoms with van der Waals surface area (Å²) in [6.45, 7) is 3.42. The lowest BCUT2D eigenvalue weighted by molar-refractivity contribution is 0.151. The Balaban J connectivity index is 2.00. The molecule has 0 saturated carbocycles. The van der Waals surface area contributed by atoms with Crippen molar-refractivity contribution in [3.63, 3.8) is 0 Å². The lowest BCUT2D eigenvalue weighted by atomic mass is 10.2. The van der Waals surface area contributed by atoms with Crippen molar-refractivity contribution in [1.82, 2.24) is 19.6 Å². The zero-order valence-corrected chi connectivity index (χ0v) is 11.4. The number of hydrogen-bond donors (Lipinski definition) is 0. The summed E-state index contributed by atoms with van der Waals surface area (Å²) in [6.07, 6.45) is 8.08. The molecule has 0 radical (unpaired) electrons. The summed E-state index contributed by atoms with van der Waals surface area (Å²) in [5, 5.41) is 4.44. The molecule has 3 rings (SSSR count). The highest BCUT2D eigenvalue weighted by molar-refractivity contribution is 5.62. The molecule has 0 fully saturated rings. The number of rotatable bonds is 5. The molecule has 20 heavy (non-hydrogen) atoms. The van der Waals surface area contributed by atoms with Crippen molar-refractivity contribution in [2.75, 3.05) is 13.2 Å². The fourth-order valence-corrected chi connectivity index (χ4v) is 2.17. The summed E-state index contributed by atoms with van der Waals surface area (Å²) in [5.41, 5.74) is 4.00. The molecule has 0 spiro atoms. The third-order valence-corrected chi connectivity index (χ3v) is 3.15. The number of nitrogens with zero attached hydrogens (tertiary/aromatic N) is 4. The minimum atomic E-state index is 0.691. The maximum absolute atomic E-state index is 5.40. The van der Waals surface area contributed by atoms with Gasteiger partial charge >= 0.3 is 0 Å². The van der Waals surface area contributed by atoms with E-state index in [0.29, 0.717) is 6.61 Å². The molecule has 5 nitrogen and oxygen atoms in total. The maximum atomic E-state index is 5.40. The fraction of sp³-hybridized carbons (Fsp3) is 0.267. The van der Waals surface area contributed by atoms with Crippen LogP contribution in [-0.4, -0.2) is 32.8 Å². The number of aromatic nitrogens is 4. The minimum absolute atomic E-state index is 0.691. The van der Waals surface area contributed by atoms with E-state index >= 15 is 0 Å². The fourth-order valence-electron chi connectivity index (χ4n) is 2.17. The highest BCUT2D eigenvalue weighted by Crippen LogP contribution is 2.20. The first-order valence-electron chi connectivity index (χ1n) is 6.70. The second-order valence-electron chi connectivity index (χ2n) is 4.42. The van der Waals surface area contributed by atoms with Crippen LogP contribution in [0.3, 0.4) is 0 Å². The molecular formula is C15H16N4O. The van der Waals surface area contributed by atoms with Crippen LogP contribution in [0.1, 0.15) is 12.5 Å². The van der Waals surface area contributed by atoms with E-state index in [9.17, 15) is 0 Å². The van der Waals surface area contributed by atoms with Crippen molar-refractivity contribution in [2.24, 2.45) is 0 Å². The van der Waals surface area contributed by atoms with Gasteiger partial charge in [0.2, 0.25) is 0 Å². The average Bonchev–Trinajstić information content (AvgIpc) is 2.92. The lowest BCUT2D eigenvalue weighted by Gasteiger charge is -2.04. The molecule has 0 aliphatic rings. The Hall–Kier alpha value is -2.27. The van der Waals surface area contributed by atoms with E-state index in [0.717, 1.165) is 35.5 Å². The number of hydrogen-bond acceptors (Lipinski definition) is 4. The number of fused-ring (bicyclic) bond motifs is 1. The van der Waals surface area contributed by atoms with Gasteiger partial charge in [0.25, 0.3) is 0 Å². The van der Waals surface area contributed by atoms with Gasteiger partial charge in [-0.05, 0) is 25.1 Å². The van der Waals surface area contributed by atoms with Crippen LogP contribution in [0.4, 0.5) is 0 Å². The number of pyridine rings is 1. The van der Waals surface area contributed by atoms with Crippen LogP contribution < -0.4 is 0 Å². The van der Waals surface area contributed by atoms with Gasteiger partial charge in [-0.3, -0.25) is 4.98 Å². The first-order valence-corrected chi connectivity index (χ1v) is 6.70. The summed E-state index contributed by atoms with van der Waals surface area (Å²) in [5.74, 6) is 0. The van der Waals surface area contributed by atoms with Crippen LogP contribution in [-0.2, 0) is 11.2 Å². The van der Waals surface area contributed by atoms with Gasteiger partial charge in [0.05, 0.1) is 18.5 Å². The summed E-state index contributed by atoms with van der Waals surface area (Å²) in [7, 11) is 0. The van der Waals surface area contributed by atoms with Crippen LogP contribution in [0.5, 0.6) is 0 Å². The summed E-state index contributed by atoms with van der Waals surface area (Å²) >= 11 is 0. The predicted octanol–water partition coefficient (Wildman–Crippen LogP) is 2.37. The highest BCUT2D eigenvalue weighted by atomic mass is 16.5. The van der Waals surface area contributed by atoms with Gasteiger partial charge in [-0.1, -0.05) is 0 Å². The van der Waals surface area contributed by atoms with Gasteiger partial charge in [0.1, 0.15) is 0 Å². The predicted molar refractivity (Wildman–Crippen MR) is 76.4 cm³/mol. The van der Waals surface area contributed by atoms with E-state index in [1.807, 2.05) is 48.2 Å². The minimum Gasteiger partial charge on any atom is -0.381 e. The molecule has 0 amide bonds. The SMILES string of the molecule is CCOCCc1cnn2c(-c3cccnc3)ccnc12. The third-order valence-electron chi connectivity index (χ3n) is 3.15. The van der Waals surface area contributed by atoms with Gasteiger partial charge in [-0.2, -0.15) is 5.10 Å². The van der Waals surface area contributed by atoms with Crippen molar-refractivity contribution in [3.05, 3.63) is 48.5 Å². The molecule has 0 unspecified atom stereocenters. The largest absolute Gasteiger partial charge is 0.381 e. The van der Waals surface area contributed by atoms with E-state index in [2.05, 4.69) is 15.1 Å². The lowest BCUT2D eigenvalue weighted by Crippen LogP contribution is -1.99. The Morgan fingerprint density at radius 1 is 1.20 bits per heavy atom. The van der Waals surface area contributed by atoms with E-state index in [-0.39, 0.29) is 0 Å². The molecule has 5 heteroatoms. The van der Waals surface area contributed by atoms with Gasteiger partial charge in [0, 0.05) is 42.7 Å². The van der Waals surface area contributed by atoms with Gasteiger partial charge in [0.15, 0.2) is 5.65 Å². The van der Waals surface area contributed by atoms with Crippen LogP contribution in [0, 0.1) is 0 Å². The Labute approximate surface area is 117 Å². The zero-order chi connectivity index (χ0) is 13.8. The van der Waals surface area contributed by atoms with Crippen molar-refractivity contribution >= 4 is 5.65 Å². The van der Waals surface area contributed by atoms with E-state index < -0.39 is 0 Å². The molecular weight excluding hydrogens is 252 g/mol. The molecule has 0 bridgehead atoms. The molecule has 0 atom stereocenters. The quantitative estimate of drug-likeness (QED) is 0.667. The molecule has 0 saturated heterocycles. The Morgan fingerprint density at radius 2 is 2.15 bits per heavy atom. The topological polar surface area (TPSA) is 52.3 Å². The first kappa shape index (κ1) is 12.7. The normalized spacial score (nSPS) is 11.1. The highest BCUT2D eigenvalue weighted by Gasteiger charge is 2.09. The second kappa shape index (κ2) is 5.79. The Morgan fingerprint density at radius 3 is 2.95 bits per heavy atom. The van der Waals surface area contributed by atoms with Crippen molar-refractivity contribution in [2.45, 2.75) is 13.3 Å². The van der Waals surface area contributed by atoms with Gasteiger partial charge < -0.3 is 4.74 Å². The molecule has 102 valence electrons. The first-order chi connectivity index (χ1) is 9.90. The molecule has 0 aliphatic heterocycles. The third kappa shape index (κ3) is 2.40. The van der Waals surface area contributed by atoms with Crippen LogP contribution in [0.15, 0.2) is 43.0 Å². The monoisotopic (exact) mass is 268 g/mol. The van der Waals surface area contributed by atoms with Crippen LogP contribution in [0.25, 0.3) is 16.9 Å². The second-order valence-corrected chi connectivity index (χ2v) is 4.42. The molecule has 0 aromatic carbocycles. The Bertz CT molecular complexity index is 693. The molecule has 3 aromatic rings. The van der Waals surface area contributed by atoms with Crippen LogP contribution in [0.2, 0.25) is 0 Å². The van der Waals surface area contributed by atoms with E-state index in [1.54, 1.807) is 6.20 Å². The molecule has 3 heterocycles. The van der Waals surface area contributed by atoms with Crippen LogP contribution >= 0.6 is 0 Å². The van der Waals surface area contributed by atoms with Gasteiger partial charge in [-0.15, -0.1) is 0 Å². The standard InChI is InChI=1S/C15H16N4O/c1-2-20-9-6-13-11-18-19-14(5-8-17-15(13)19)12-4-3-7-16-10-12/h3-5,7-8,10-11H,2,6,9H2,1H3. The molecule has 0 N–H and O–H groups in total.